The van der Waals surface area contributed by atoms with E-state index < -0.39 is 28.5 Å². The minimum Gasteiger partial charge on any atom is -0.399 e. The Morgan fingerprint density at radius 1 is 1.30 bits per heavy atom. The van der Waals surface area contributed by atoms with Crippen LogP contribution in [0.15, 0.2) is 54.6 Å². The van der Waals surface area contributed by atoms with Gasteiger partial charge in [0, 0.05) is 12.1 Å². The number of aromatic nitrogens is 2. The maximum absolute atomic E-state index is 13.0. The predicted molar refractivity (Wildman–Crippen MR) is 103 cm³/mol. The summed E-state index contributed by atoms with van der Waals surface area (Å²) in [6.07, 6.45) is -1.29. The number of nitrogens with zero attached hydrogens (tertiary/aromatic N) is 3. The number of nitrogens with one attached hydrogen (secondary N) is 1. The number of hydrazine groups is 1. The van der Waals surface area contributed by atoms with Crippen LogP contribution < -0.4 is 21.9 Å². The van der Waals surface area contributed by atoms with Crippen molar-refractivity contribution in [2.24, 2.45) is 11.6 Å². The van der Waals surface area contributed by atoms with Crippen LogP contribution in [0.4, 0.5) is 23.5 Å². The quantitative estimate of drug-likeness (QED) is 0.262. The Kier molecular flexibility index (Phi) is 7.35. The van der Waals surface area contributed by atoms with Gasteiger partial charge in [-0.1, -0.05) is 23.7 Å². The van der Waals surface area contributed by atoms with E-state index in [9.17, 15) is 22.4 Å². The molecule has 0 saturated heterocycles. The van der Waals surface area contributed by atoms with E-state index in [0.29, 0.717) is 0 Å². The van der Waals surface area contributed by atoms with Crippen LogP contribution in [-0.4, -0.2) is 22.4 Å². The largest absolute Gasteiger partial charge is 0.417 e. The first-order valence-corrected chi connectivity index (χ1v) is 8.68. The van der Waals surface area contributed by atoms with Crippen molar-refractivity contribution in [3.8, 4) is 0 Å². The SMILES string of the molecule is C=CC/C(=C(/N)CNC(=O)c1cccc(C(F)(F)F)c1Cl)N(N)c1ncc(F)cn1. The summed E-state index contributed by atoms with van der Waals surface area (Å²) < 4.78 is 51.9. The van der Waals surface area contributed by atoms with Gasteiger partial charge >= 0.3 is 6.18 Å². The molecule has 12 heteroatoms. The van der Waals surface area contributed by atoms with Crippen molar-refractivity contribution in [2.45, 2.75) is 12.6 Å². The molecular weight excluding hydrogens is 428 g/mol. The summed E-state index contributed by atoms with van der Waals surface area (Å²) in [6, 6.07) is 2.99. The second-order valence-corrected chi connectivity index (χ2v) is 6.26. The number of hydrogen-bond acceptors (Lipinski definition) is 6. The number of allylic oxidation sites excluding steroid dienone is 1. The summed E-state index contributed by atoms with van der Waals surface area (Å²) in [5, 5.41) is 2.64. The average molecular weight is 445 g/mol. The van der Waals surface area contributed by atoms with Crippen LogP contribution in [0.3, 0.4) is 0 Å². The standard InChI is InChI=1S/C18H17ClF4N6O/c1-2-4-14(29(25)17-27-7-10(20)8-28-17)13(24)9-26-16(30)11-5-3-6-12(15(11)19)18(21,22)23/h2-3,5-8H,1,4,9,24-25H2,(H,26,30)/b14-13-. The van der Waals surface area contributed by atoms with Crippen molar-refractivity contribution in [2.75, 3.05) is 11.6 Å². The third-order valence-corrected chi connectivity index (χ3v) is 4.22. The monoisotopic (exact) mass is 444 g/mol. The highest BCUT2D eigenvalue weighted by molar-refractivity contribution is 6.34. The normalized spacial score (nSPS) is 12.2. The summed E-state index contributed by atoms with van der Waals surface area (Å²) in [4.78, 5) is 19.8. The summed E-state index contributed by atoms with van der Waals surface area (Å²) in [6.45, 7) is 3.30. The first-order valence-electron chi connectivity index (χ1n) is 8.31. The lowest BCUT2D eigenvalue weighted by molar-refractivity contribution is -0.137. The van der Waals surface area contributed by atoms with Crippen LogP contribution in [0.25, 0.3) is 0 Å². The second kappa shape index (κ2) is 9.55. The molecule has 0 aliphatic rings. The van der Waals surface area contributed by atoms with E-state index in [1.807, 2.05) is 0 Å². The molecule has 7 nitrogen and oxygen atoms in total. The minimum absolute atomic E-state index is 0.0572. The molecular formula is C18H17ClF4N6O. The molecule has 1 aromatic carbocycles. The summed E-state index contributed by atoms with van der Waals surface area (Å²) >= 11 is 5.75. The molecule has 0 aliphatic heterocycles. The van der Waals surface area contributed by atoms with E-state index >= 15 is 0 Å². The maximum Gasteiger partial charge on any atom is 0.417 e. The number of alkyl halides is 3. The second-order valence-electron chi connectivity index (χ2n) is 5.88. The van der Waals surface area contributed by atoms with E-state index in [4.69, 9.17) is 23.2 Å². The topological polar surface area (TPSA) is 110 Å². The molecule has 0 saturated carbocycles. The zero-order valence-corrected chi connectivity index (χ0v) is 16.1. The third-order valence-electron chi connectivity index (χ3n) is 3.81. The Labute approximate surface area is 174 Å². The zero-order chi connectivity index (χ0) is 22.5. The van der Waals surface area contributed by atoms with E-state index in [-0.39, 0.29) is 35.9 Å². The van der Waals surface area contributed by atoms with E-state index in [1.54, 1.807) is 0 Å². The molecule has 1 aromatic heterocycles. The lowest BCUT2D eigenvalue weighted by Crippen LogP contribution is -2.37. The molecule has 0 radical (unpaired) electrons. The first kappa shape index (κ1) is 23.1. The maximum atomic E-state index is 13.0. The van der Waals surface area contributed by atoms with Crippen LogP contribution in [0, 0.1) is 5.82 Å². The van der Waals surface area contributed by atoms with Gasteiger partial charge in [0.05, 0.1) is 40.8 Å². The van der Waals surface area contributed by atoms with Crippen LogP contribution >= 0.6 is 11.6 Å². The molecule has 2 aromatic rings. The Balaban J connectivity index is 2.23. The molecule has 0 atom stereocenters. The number of halogens is 5. The van der Waals surface area contributed by atoms with Gasteiger partial charge in [-0.15, -0.1) is 6.58 Å². The Morgan fingerprint density at radius 2 is 1.93 bits per heavy atom. The average Bonchev–Trinajstić information content (AvgIpc) is 2.69. The van der Waals surface area contributed by atoms with Gasteiger partial charge in [0.1, 0.15) is 0 Å². The molecule has 2 rings (SSSR count). The van der Waals surface area contributed by atoms with Crippen molar-refractivity contribution in [3.63, 3.8) is 0 Å². The predicted octanol–water partition coefficient (Wildman–Crippen LogP) is 3.14. The van der Waals surface area contributed by atoms with E-state index in [1.165, 1.54) is 6.08 Å². The van der Waals surface area contributed by atoms with Gasteiger partial charge in [-0.3, -0.25) is 4.79 Å². The fraction of sp³-hybridized carbons (Fsp3) is 0.167. The van der Waals surface area contributed by atoms with Crippen molar-refractivity contribution >= 4 is 23.5 Å². The molecule has 0 spiro atoms. The number of carbonyl (C=O) groups excluding carboxylic acids is 1. The summed E-state index contributed by atoms with van der Waals surface area (Å²) in [7, 11) is 0. The third kappa shape index (κ3) is 5.45. The number of rotatable bonds is 7. The molecule has 5 N–H and O–H groups in total. The molecule has 1 heterocycles. The number of benzene rings is 1. The molecule has 0 fully saturated rings. The minimum atomic E-state index is -4.71. The van der Waals surface area contributed by atoms with Crippen molar-refractivity contribution < 1.29 is 22.4 Å². The first-order chi connectivity index (χ1) is 14.1. The van der Waals surface area contributed by atoms with Gasteiger partial charge in [-0.25, -0.2) is 25.2 Å². The lowest BCUT2D eigenvalue weighted by Gasteiger charge is -2.21. The van der Waals surface area contributed by atoms with E-state index in [0.717, 1.165) is 35.6 Å². The smallest absolute Gasteiger partial charge is 0.399 e. The zero-order valence-electron chi connectivity index (χ0n) is 15.4. The number of amides is 1. The number of anilines is 1. The van der Waals surface area contributed by atoms with Crippen molar-refractivity contribution in [1.82, 2.24) is 15.3 Å². The van der Waals surface area contributed by atoms with Crippen LogP contribution in [0.1, 0.15) is 22.3 Å². The van der Waals surface area contributed by atoms with Gasteiger partial charge in [0.25, 0.3) is 5.91 Å². The fourth-order valence-electron chi connectivity index (χ4n) is 2.37. The van der Waals surface area contributed by atoms with Crippen molar-refractivity contribution in [3.05, 3.63) is 76.6 Å². The molecule has 1 amide bonds. The van der Waals surface area contributed by atoms with Gasteiger partial charge in [0.2, 0.25) is 5.95 Å². The highest BCUT2D eigenvalue weighted by atomic mass is 35.5. The molecule has 0 aliphatic carbocycles. The Hall–Kier alpha value is -3.18. The van der Waals surface area contributed by atoms with Crippen molar-refractivity contribution in [1.29, 1.82) is 0 Å². The fourth-order valence-corrected chi connectivity index (χ4v) is 2.69. The Morgan fingerprint density at radius 3 is 2.50 bits per heavy atom. The molecule has 0 bridgehead atoms. The van der Waals surface area contributed by atoms with Gasteiger partial charge in [-0.05, 0) is 12.1 Å². The molecule has 160 valence electrons. The summed E-state index contributed by atoms with van der Waals surface area (Å²) in [5.41, 5.74) is 4.79. The highest BCUT2D eigenvalue weighted by Gasteiger charge is 2.34. The van der Waals surface area contributed by atoms with Gasteiger partial charge < -0.3 is 11.1 Å². The van der Waals surface area contributed by atoms with Gasteiger partial charge in [0.15, 0.2) is 5.82 Å². The van der Waals surface area contributed by atoms with Gasteiger partial charge in [-0.2, -0.15) is 13.2 Å². The summed E-state index contributed by atoms with van der Waals surface area (Å²) in [5.74, 6) is 4.33. The number of hydrogen-bond donors (Lipinski definition) is 3. The van der Waals surface area contributed by atoms with Crippen LogP contribution in [0.5, 0.6) is 0 Å². The number of carbonyl (C=O) groups is 1. The molecule has 30 heavy (non-hydrogen) atoms. The highest BCUT2D eigenvalue weighted by Crippen LogP contribution is 2.36. The van der Waals surface area contributed by atoms with Crippen LogP contribution in [0.2, 0.25) is 5.02 Å². The van der Waals surface area contributed by atoms with E-state index in [2.05, 4.69) is 21.9 Å². The van der Waals surface area contributed by atoms with Crippen LogP contribution in [-0.2, 0) is 6.18 Å². The molecule has 0 unspecified atom stereocenters. The lowest BCUT2D eigenvalue weighted by atomic mass is 10.1. The number of nitrogens with two attached hydrogens (primary N) is 2. The Bertz CT molecular complexity index is 962.